The zero-order valence-corrected chi connectivity index (χ0v) is 12.0. The number of rotatable bonds is 4. The summed E-state index contributed by atoms with van der Waals surface area (Å²) in [5.74, 6) is -0.600. The summed E-state index contributed by atoms with van der Waals surface area (Å²) < 4.78 is 6.29. The minimum Gasteiger partial charge on any atom is -0.456 e. The SMILES string of the molecule is C[C@@H](OC(=O)Cn1ccc(=O)[nH]c1=O)c1ccccc1Cl. The fourth-order valence-corrected chi connectivity index (χ4v) is 2.10. The molecule has 7 heteroatoms. The third-order valence-electron chi connectivity index (χ3n) is 2.85. The zero-order chi connectivity index (χ0) is 15.4. The molecule has 0 unspecified atom stereocenters. The minimum absolute atomic E-state index is 0.287. The summed E-state index contributed by atoms with van der Waals surface area (Å²) in [4.78, 5) is 36.3. The lowest BCUT2D eigenvalue weighted by atomic mass is 10.1. The van der Waals surface area contributed by atoms with Crippen molar-refractivity contribution in [2.45, 2.75) is 19.6 Å². The van der Waals surface area contributed by atoms with E-state index in [0.717, 1.165) is 10.6 Å². The predicted octanol–water partition coefficient (Wildman–Crippen LogP) is 1.49. The van der Waals surface area contributed by atoms with Crippen LogP contribution in [0, 0.1) is 0 Å². The van der Waals surface area contributed by atoms with Crippen molar-refractivity contribution in [1.82, 2.24) is 9.55 Å². The molecule has 6 nitrogen and oxygen atoms in total. The van der Waals surface area contributed by atoms with Gasteiger partial charge in [-0.25, -0.2) is 4.79 Å². The summed E-state index contributed by atoms with van der Waals surface area (Å²) in [6, 6.07) is 8.19. The van der Waals surface area contributed by atoms with E-state index in [1.807, 2.05) is 0 Å². The Hall–Kier alpha value is -2.34. The van der Waals surface area contributed by atoms with Gasteiger partial charge in [-0.15, -0.1) is 0 Å². The molecule has 0 saturated carbocycles. The van der Waals surface area contributed by atoms with E-state index < -0.39 is 23.3 Å². The molecule has 0 aliphatic carbocycles. The summed E-state index contributed by atoms with van der Waals surface area (Å²) in [6.45, 7) is 1.40. The van der Waals surface area contributed by atoms with Crippen LogP contribution in [0.4, 0.5) is 0 Å². The highest BCUT2D eigenvalue weighted by molar-refractivity contribution is 6.31. The molecule has 1 N–H and O–H groups in total. The molecule has 1 atom stereocenters. The number of nitrogens with zero attached hydrogens (tertiary/aromatic N) is 1. The van der Waals surface area contributed by atoms with Crippen LogP contribution in [0.25, 0.3) is 0 Å². The van der Waals surface area contributed by atoms with Crippen LogP contribution in [-0.2, 0) is 16.1 Å². The number of carbonyl (C=O) groups is 1. The Balaban J connectivity index is 2.07. The quantitative estimate of drug-likeness (QED) is 0.868. The van der Waals surface area contributed by atoms with Crippen LogP contribution in [0.5, 0.6) is 0 Å². The van der Waals surface area contributed by atoms with Gasteiger partial charge >= 0.3 is 11.7 Å². The summed E-state index contributed by atoms with van der Waals surface area (Å²) in [5, 5.41) is 0.499. The maximum absolute atomic E-state index is 11.8. The molecule has 0 radical (unpaired) electrons. The molecular weight excluding hydrogens is 296 g/mol. The Morgan fingerprint density at radius 3 is 2.71 bits per heavy atom. The Morgan fingerprint density at radius 1 is 1.33 bits per heavy atom. The standard InChI is InChI=1S/C14H13ClN2O4/c1-9(10-4-2-3-5-11(10)15)21-13(19)8-17-7-6-12(18)16-14(17)20/h2-7,9H,8H2,1H3,(H,16,18,20)/t9-/m1/s1. The maximum atomic E-state index is 11.8. The second-order valence-electron chi connectivity index (χ2n) is 4.39. The number of nitrogens with one attached hydrogen (secondary N) is 1. The van der Waals surface area contributed by atoms with Gasteiger partial charge in [0.1, 0.15) is 12.6 Å². The number of halogens is 1. The van der Waals surface area contributed by atoms with Crippen molar-refractivity contribution < 1.29 is 9.53 Å². The molecular formula is C14H13ClN2O4. The van der Waals surface area contributed by atoms with E-state index in [2.05, 4.69) is 4.98 Å². The molecule has 21 heavy (non-hydrogen) atoms. The molecule has 0 aliphatic rings. The average molecular weight is 309 g/mol. The minimum atomic E-state index is -0.662. The van der Waals surface area contributed by atoms with Crippen molar-refractivity contribution in [2.75, 3.05) is 0 Å². The molecule has 2 aromatic rings. The molecule has 0 amide bonds. The number of ether oxygens (including phenoxy) is 1. The molecule has 2 rings (SSSR count). The van der Waals surface area contributed by atoms with Crippen molar-refractivity contribution in [2.24, 2.45) is 0 Å². The van der Waals surface area contributed by atoms with Crippen LogP contribution < -0.4 is 11.2 Å². The number of H-pyrrole nitrogens is 1. The molecule has 1 aromatic carbocycles. The smallest absolute Gasteiger partial charge is 0.328 e. The van der Waals surface area contributed by atoms with Crippen LogP contribution in [0.3, 0.4) is 0 Å². The van der Waals surface area contributed by atoms with E-state index in [4.69, 9.17) is 16.3 Å². The van der Waals surface area contributed by atoms with Crippen LogP contribution in [0.2, 0.25) is 5.02 Å². The molecule has 0 spiro atoms. The van der Waals surface area contributed by atoms with Gasteiger partial charge in [0.25, 0.3) is 5.56 Å². The van der Waals surface area contributed by atoms with Crippen LogP contribution in [0.15, 0.2) is 46.1 Å². The zero-order valence-electron chi connectivity index (χ0n) is 11.2. The lowest BCUT2D eigenvalue weighted by molar-refractivity contribution is -0.149. The van der Waals surface area contributed by atoms with E-state index in [1.54, 1.807) is 31.2 Å². The van der Waals surface area contributed by atoms with Gasteiger partial charge in [0, 0.05) is 22.8 Å². The third-order valence-corrected chi connectivity index (χ3v) is 3.19. The van der Waals surface area contributed by atoms with Gasteiger partial charge < -0.3 is 4.74 Å². The highest BCUT2D eigenvalue weighted by Gasteiger charge is 2.15. The van der Waals surface area contributed by atoms with Gasteiger partial charge in [-0.05, 0) is 13.0 Å². The lowest BCUT2D eigenvalue weighted by Crippen LogP contribution is -2.31. The van der Waals surface area contributed by atoms with E-state index in [0.29, 0.717) is 10.6 Å². The first-order chi connectivity index (χ1) is 9.97. The molecule has 1 heterocycles. The summed E-state index contributed by atoms with van der Waals surface area (Å²) in [5.41, 5.74) is -0.500. The van der Waals surface area contributed by atoms with Gasteiger partial charge in [-0.3, -0.25) is 19.1 Å². The number of esters is 1. The first-order valence-electron chi connectivity index (χ1n) is 6.21. The number of hydrogen-bond acceptors (Lipinski definition) is 4. The number of aromatic amines is 1. The summed E-state index contributed by atoms with van der Waals surface area (Å²) in [6.07, 6.45) is 0.701. The second kappa shape index (κ2) is 6.41. The third kappa shape index (κ3) is 3.82. The highest BCUT2D eigenvalue weighted by Crippen LogP contribution is 2.24. The lowest BCUT2D eigenvalue weighted by Gasteiger charge is -2.15. The first-order valence-corrected chi connectivity index (χ1v) is 6.59. The van der Waals surface area contributed by atoms with Crippen molar-refractivity contribution in [3.63, 3.8) is 0 Å². The van der Waals surface area contributed by atoms with Crippen molar-refractivity contribution >= 4 is 17.6 Å². The molecule has 0 aliphatic heterocycles. The second-order valence-corrected chi connectivity index (χ2v) is 4.80. The van der Waals surface area contributed by atoms with Crippen LogP contribution in [-0.4, -0.2) is 15.5 Å². The normalized spacial score (nSPS) is 11.9. The maximum Gasteiger partial charge on any atom is 0.328 e. The van der Waals surface area contributed by atoms with Crippen LogP contribution >= 0.6 is 11.6 Å². The monoisotopic (exact) mass is 308 g/mol. The van der Waals surface area contributed by atoms with E-state index in [-0.39, 0.29) is 6.54 Å². The van der Waals surface area contributed by atoms with Gasteiger partial charge in [0.15, 0.2) is 0 Å². The Kier molecular flexibility index (Phi) is 4.59. The van der Waals surface area contributed by atoms with E-state index in [9.17, 15) is 14.4 Å². The van der Waals surface area contributed by atoms with Crippen molar-refractivity contribution in [3.8, 4) is 0 Å². The van der Waals surface area contributed by atoms with E-state index in [1.165, 1.54) is 6.20 Å². The largest absolute Gasteiger partial charge is 0.456 e. The Morgan fingerprint density at radius 2 is 2.05 bits per heavy atom. The van der Waals surface area contributed by atoms with Gasteiger partial charge in [-0.1, -0.05) is 29.8 Å². The molecule has 0 fully saturated rings. The Bertz CT molecular complexity index is 766. The number of carbonyl (C=O) groups excluding carboxylic acids is 1. The molecule has 0 saturated heterocycles. The predicted molar refractivity (Wildman–Crippen MR) is 77.3 cm³/mol. The summed E-state index contributed by atoms with van der Waals surface area (Å²) >= 11 is 6.02. The van der Waals surface area contributed by atoms with Crippen molar-refractivity contribution in [1.29, 1.82) is 0 Å². The number of benzene rings is 1. The number of hydrogen-bond donors (Lipinski definition) is 1. The number of aromatic nitrogens is 2. The topological polar surface area (TPSA) is 81.2 Å². The Labute approximate surface area is 124 Å². The average Bonchev–Trinajstić information content (AvgIpc) is 2.42. The fourth-order valence-electron chi connectivity index (χ4n) is 1.81. The summed E-state index contributed by atoms with van der Waals surface area (Å²) in [7, 11) is 0. The van der Waals surface area contributed by atoms with Crippen LogP contribution in [0.1, 0.15) is 18.6 Å². The fraction of sp³-hybridized carbons (Fsp3) is 0.214. The molecule has 110 valence electrons. The molecule has 0 bridgehead atoms. The highest BCUT2D eigenvalue weighted by atomic mass is 35.5. The molecule has 1 aromatic heterocycles. The van der Waals surface area contributed by atoms with E-state index >= 15 is 0 Å². The van der Waals surface area contributed by atoms with Gasteiger partial charge in [0.2, 0.25) is 0 Å². The van der Waals surface area contributed by atoms with Crippen molar-refractivity contribution in [3.05, 3.63) is 68.0 Å². The van der Waals surface area contributed by atoms with Gasteiger partial charge in [-0.2, -0.15) is 0 Å². The van der Waals surface area contributed by atoms with Gasteiger partial charge in [0.05, 0.1) is 0 Å². The first kappa shape index (κ1) is 15.1.